The molecule has 3 N–H and O–H groups in total. The first-order valence-electron chi connectivity index (χ1n) is 7.73. The Morgan fingerprint density at radius 3 is 2.20 bits per heavy atom. The lowest BCUT2D eigenvalue weighted by atomic mass is 9.96. The molecule has 1 fully saturated rings. The molecule has 136 valence electrons. The van der Waals surface area contributed by atoms with E-state index in [4.69, 9.17) is 0 Å². The molecule has 1 aromatic carbocycles. The zero-order valence-corrected chi connectivity index (χ0v) is 13.4. The molecule has 0 radical (unpaired) electrons. The molecule has 0 bridgehead atoms. The van der Waals surface area contributed by atoms with E-state index in [1.54, 1.807) is 6.92 Å². The Hall–Kier alpha value is -2.58. The van der Waals surface area contributed by atoms with Crippen LogP contribution in [0.5, 0.6) is 0 Å². The number of benzene rings is 1. The van der Waals surface area contributed by atoms with E-state index in [2.05, 4.69) is 10.7 Å². The van der Waals surface area contributed by atoms with E-state index in [-0.39, 0.29) is 18.4 Å². The summed E-state index contributed by atoms with van der Waals surface area (Å²) >= 11 is 0. The SMILES string of the molecule is CC(CC(=O)NNC(=O)C(=O)NC1CC1)c1ccc(C(F)(F)F)cc1. The van der Waals surface area contributed by atoms with Crippen molar-refractivity contribution in [1.82, 2.24) is 16.2 Å². The molecule has 25 heavy (non-hydrogen) atoms. The maximum Gasteiger partial charge on any atom is 0.416 e. The molecule has 1 aliphatic carbocycles. The zero-order valence-electron chi connectivity index (χ0n) is 13.4. The number of nitrogens with one attached hydrogen (secondary N) is 3. The fraction of sp³-hybridized carbons (Fsp3) is 0.438. The maximum absolute atomic E-state index is 12.5. The largest absolute Gasteiger partial charge is 0.416 e. The van der Waals surface area contributed by atoms with Gasteiger partial charge in [-0.3, -0.25) is 25.2 Å². The van der Waals surface area contributed by atoms with Crippen LogP contribution in [0, 0.1) is 0 Å². The maximum atomic E-state index is 12.5. The summed E-state index contributed by atoms with van der Waals surface area (Å²) in [6, 6.07) is 4.54. The Labute approximate surface area is 142 Å². The highest BCUT2D eigenvalue weighted by Gasteiger charge is 2.30. The minimum atomic E-state index is -4.41. The summed E-state index contributed by atoms with van der Waals surface area (Å²) in [7, 11) is 0. The van der Waals surface area contributed by atoms with Gasteiger partial charge >= 0.3 is 18.0 Å². The van der Waals surface area contributed by atoms with Gasteiger partial charge in [-0.05, 0) is 36.5 Å². The topological polar surface area (TPSA) is 87.3 Å². The zero-order chi connectivity index (χ0) is 18.6. The first-order valence-corrected chi connectivity index (χ1v) is 7.73. The van der Waals surface area contributed by atoms with E-state index in [1.807, 2.05) is 5.43 Å². The fourth-order valence-corrected chi connectivity index (χ4v) is 2.11. The van der Waals surface area contributed by atoms with Crippen LogP contribution >= 0.6 is 0 Å². The molecular formula is C16H18F3N3O3. The van der Waals surface area contributed by atoms with Crippen molar-refractivity contribution >= 4 is 17.7 Å². The van der Waals surface area contributed by atoms with Gasteiger partial charge in [-0.2, -0.15) is 13.2 Å². The Bertz CT molecular complexity index is 655. The number of hydrogen-bond donors (Lipinski definition) is 3. The van der Waals surface area contributed by atoms with Crippen molar-refractivity contribution in [3.05, 3.63) is 35.4 Å². The van der Waals surface area contributed by atoms with Crippen LogP contribution in [0.1, 0.15) is 43.2 Å². The van der Waals surface area contributed by atoms with Gasteiger partial charge in [-0.1, -0.05) is 19.1 Å². The van der Waals surface area contributed by atoms with Gasteiger partial charge in [0.05, 0.1) is 5.56 Å². The van der Waals surface area contributed by atoms with Crippen LogP contribution in [0.4, 0.5) is 13.2 Å². The van der Waals surface area contributed by atoms with Crippen LogP contribution in [0.3, 0.4) is 0 Å². The molecule has 0 aromatic heterocycles. The van der Waals surface area contributed by atoms with E-state index in [9.17, 15) is 27.6 Å². The average molecular weight is 357 g/mol. The second kappa shape index (κ2) is 7.54. The van der Waals surface area contributed by atoms with Crippen molar-refractivity contribution in [1.29, 1.82) is 0 Å². The Morgan fingerprint density at radius 2 is 1.68 bits per heavy atom. The summed E-state index contributed by atoms with van der Waals surface area (Å²) in [6.07, 6.45) is -2.81. The lowest BCUT2D eigenvalue weighted by Gasteiger charge is -2.14. The third kappa shape index (κ3) is 5.77. The van der Waals surface area contributed by atoms with Crippen LogP contribution in [-0.4, -0.2) is 23.8 Å². The Balaban J connectivity index is 1.79. The summed E-state index contributed by atoms with van der Waals surface area (Å²) < 4.78 is 37.6. The first-order chi connectivity index (χ1) is 11.7. The quantitative estimate of drug-likeness (QED) is 0.565. The molecule has 0 spiro atoms. The third-order valence-corrected chi connectivity index (χ3v) is 3.73. The highest BCUT2D eigenvalue weighted by atomic mass is 19.4. The molecule has 1 saturated carbocycles. The van der Waals surface area contributed by atoms with Crippen LogP contribution in [-0.2, 0) is 20.6 Å². The van der Waals surface area contributed by atoms with Gasteiger partial charge in [0.1, 0.15) is 0 Å². The van der Waals surface area contributed by atoms with Gasteiger partial charge < -0.3 is 5.32 Å². The molecular weight excluding hydrogens is 339 g/mol. The van der Waals surface area contributed by atoms with Gasteiger partial charge in [-0.25, -0.2) is 0 Å². The number of alkyl halides is 3. The molecule has 1 unspecified atom stereocenters. The van der Waals surface area contributed by atoms with E-state index in [1.165, 1.54) is 12.1 Å². The molecule has 0 saturated heterocycles. The summed E-state index contributed by atoms with van der Waals surface area (Å²) in [5.41, 5.74) is 3.91. The number of rotatable bonds is 4. The van der Waals surface area contributed by atoms with Crippen LogP contribution < -0.4 is 16.2 Å². The third-order valence-electron chi connectivity index (χ3n) is 3.73. The molecule has 6 nitrogen and oxygen atoms in total. The number of amides is 3. The summed E-state index contributed by atoms with van der Waals surface area (Å²) in [5, 5.41) is 2.47. The molecule has 1 aliphatic rings. The van der Waals surface area contributed by atoms with E-state index in [0.29, 0.717) is 5.56 Å². The van der Waals surface area contributed by atoms with E-state index >= 15 is 0 Å². The highest BCUT2D eigenvalue weighted by Crippen LogP contribution is 2.30. The lowest BCUT2D eigenvalue weighted by molar-refractivity contribution is -0.141. The van der Waals surface area contributed by atoms with Crippen molar-refractivity contribution in [3.63, 3.8) is 0 Å². The summed E-state index contributed by atoms with van der Waals surface area (Å²) in [6.45, 7) is 1.67. The van der Waals surface area contributed by atoms with Crippen LogP contribution in [0.2, 0.25) is 0 Å². The standard InChI is InChI=1S/C16H18F3N3O3/c1-9(10-2-4-11(5-3-10)16(17,18)19)8-13(23)21-22-15(25)14(24)20-12-6-7-12/h2-5,9,12H,6-8H2,1H3,(H,20,24)(H,21,23)(H,22,25). The van der Waals surface area contributed by atoms with Crippen molar-refractivity contribution in [3.8, 4) is 0 Å². The summed E-state index contributed by atoms with van der Waals surface area (Å²) in [4.78, 5) is 34.6. The predicted octanol–water partition coefficient (Wildman–Crippen LogP) is 1.62. The highest BCUT2D eigenvalue weighted by molar-refractivity contribution is 6.35. The van der Waals surface area contributed by atoms with Crippen molar-refractivity contribution in [2.75, 3.05) is 0 Å². The Kier molecular flexibility index (Phi) is 5.66. The average Bonchev–Trinajstić information content (AvgIpc) is 3.35. The molecule has 3 amide bonds. The van der Waals surface area contributed by atoms with E-state index < -0.39 is 29.5 Å². The predicted molar refractivity (Wildman–Crippen MR) is 81.9 cm³/mol. The van der Waals surface area contributed by atoms with E-state index in [0.717, 1.165) is 25.0 Å². The second-order valence-corrected chi connectivity index (χ2v) is 5.97. The lowest BCUT2D eigenvalue weighted by Crippen LogP contribution is -2.49. The molecule has 2 rings (SSSR count). The number of hydrazine groups is 1. The minimum Gasteiger partial charge on any atom is -0.345 e. The summed E-state index contributed by atoms with van der Waals surface area (Å²) in [5.74, 6) is -2.71. The monoisotopic (exact) mass is 357 g/mol. The Morgan fingerprint density at radius 1 is 1.08 bits per heavy atom. The van der Waals surface area contributed by atoms with Gasteiger partial charge in [-0.15, -0.1) is 0 Å². The van der Waals surface area contributed by atoms with Crippen molar-refractivity contribution in [2.24, 2.45) is 0 Å². The van der Waals surface area contributed by atoms with Crippen molar-refractivity contribution < 1.29 is 27.6 Å². The number of hydrogen-bond acceptors (Lipinski definition) is 3. The fourth-order valence-electron chi connectivity index (χ4n) is 2.11. The smallest absolute Gasteiger partial charge is 0.345 e. The molecule has 0 heterocycles. The molecule has 0 aliphatic heterocycles. The molecule has 1 aromatic rings. The van der Waals surface area contributed by atoms with Crippen LogP contribution in [0.15, 0.2) is 24.3 Å². The number of halogens is 3. The molecule has 1 atom stereocenters. The second-order valence-electron chi connectivity index (χ2n) is 5.97. The number of carbonyl (C=O) groups is 3. The minimum absolute atomic E-state index is 0.0219. The van der Waals surface area contributed by atoms with Crippen molar-refractivity contribution in [2.45, 2.75) is 44.3 Å². The van der Waals surface area contributed by atoms with Gasteiger partial charge in [0.15, 0.2) is 0 Å². The molecule has 9 heteroatoms. The normalized spacial score (nSPS) is 15.2. The van der Waals surface area contributed by atoms with Gasteiger partial charge in [0, 0.05) is 12.5 Å². The van der Waals surface area contributed by atoms with Gasteiger partial charge in [0.25, 0.3) is 0 Å². The first kappa shape index (κ1) is 18.8. The van der Waals surface area contributed by atoms with Gasteiger partial charge in [0.2, 0.25) is 5.91 Å². The number of carbonyl (C=O) groups excluding carboxylic acids is 3. The van der Waals surface area contributed by atoms with Crippen LogP contribution in [0.25, 0.3) is 0 Å².